The molecule has 0 spiro atoms. The van der Waals surface area contributed by atoms with Crippen LogP contribution in [0.25, 0.3) is 11.0 Å². The van der Waals surface area contributed by atoms with Gasteiger partial charge in [-0.2, -0.15) is 13.2 Å². The molecule has 2 aromatic heterocycles. The van der Waals surface area contributed by atoms with Gasteiger partial charge >= 0.3 is 18.1 Å². The number of carbonyl (C=O) groups is 2. The van der Waals surface area contributed by atoms with Gasteiger partial charge in [0.2, 0.25) is 5.43 Å². The Morgan fingerprint density at radius 1 is 1.22 bits per heavy atom. The minimum Gasteiger partial charge on any atom is -0.462 e. The van der Waals surface area contributed by atoms with E-state index in [-0.39, 0.29) is 54.7 Å². The minimum absolute atomic E-state index is 0.0514. The molecular formula is C23H25F5N4O4. The van der Waals surface area contributed by atoms with Gasteiger partial charge in [-0.25, -0.2) is 18.6 Å². The molecule has 196 valence electrons. The van der Waals surface area contributed by atoms with Gasteiger partial charge in [0.15, 0.2) is 11.6 Å². The number of esters is 1. The summed E-state index contributed by atoms with van der Waals surface area (Å²) in [6.07, 6.45) is -3.86. The number of hydrogen-bond acceptors (Lipinski definition) is 6. The van der Waals surface area contributed by atoms with Crippen molar-refractivity contribution in [1.29, 1.82) is 0 Å². The second kappa shape index (κ2) is 9.66. The van der Waals surface area contributed by atoms with Gasteiger partial charge in [-0.1, -0.05) is 0 Å². The van der Waals surface area contributed by atoms with E-state index in [0.717, 1.165) is 18.9 Å². The quantitative estimate of drug-likeness (QED) is 0.415. The largest absolute Gasteiger partial charge is 0.471 e. The van der Waals surface area contributed by atoms with Crippen molar-refractivity contribution in [3.05, 3.63) is 33.9 Å². The molecule has 0 bridgehead atoms. The van der Waals surface area contributed by atoms with Crippen molar-refractivity contribution in [1.82, 2.24) is 14.5 Å². The van der Waals surface area contributed by atoms with Gasteiger partial charge in [0.1, 0.15) is 17.4 Å². The summed E-state index contributed by atoms with van der Waals surface area (Å²) in [6, 6.07) is 0.882. The number of aromatic nitrogens is 2. The first-order valence-corrected chi connectivity index (χ1v) is 11.6. The fraction of sp³-hybridized carbons (Fsp3) is 0.565. The van der Waals surface area contributed by atoms with Crippen LogP contribution in [0.15, 0.2) is 17.1 Å². The molecule has 0 N–H and O–H groups in total. The predicted molar refractivity (Wildman–Crippen MR) is 119 cm³/mol. The highest BCUT2D eigenvalue weighted by molar-refractivity contribution is 5.93. The van der Waals surface area contributed by atoms with Gasteiger partial charge in [-0.3, -0.25) is 9.59 Å². The van der Waals surface area contributed by atoms with Crippen molar-refractivity contribution >= 4 is 28.7 Å². The molecule has 0 aromatic carbocycles. The van der Waals surface area contributed by atoms with Crippen molar-refractivity contribution < 1.29 is 36.3 Å². The Kier molecular flexibility index (Phi) is 6.93. The van der Waals surface area contributed by atoms with E-state index in [1.165, 1.54) is 18.0 Å². The van der Waals surface area contributed by atoms with Gasteiger partial charge in [0.25, 0.3) is 0 Å². The number of carbonyl (C=O) groups excluding carboxylic acids is 2. The zero-order valence-electron chi connectivity index (χ0n) is 19.6. The van der Waals surface area contributed by atoms with E-state index in [2.05, 4.69) is 4.98 Å². The standard InChI is InChI=1S/C23H25F5N4O4/c1-3-30(22(35)23(26,27)28)8-12-9-31(11-17(12)25)20-16(24)7-14-18(33)15(21(34)36-4-2)10-32(13-5-6-13)19(14)29-20/h7,10,12-13,17H,3-6,8-9,11H2,1-2H3/t12-,17-/m1/s1. The van der Waals surface area contributed by atoms with Gasteiger partial charge in [0, 0.05) is 37.8 Å². The number of fused-ring (bicyclic) bond motifs is 1. The molecule has 2 aliphatic rings. The first-order chi connectivity index (χ1) is 17.0. The topological polar surface area (TPSA) is 84.7 Å². The fourth-order valence-electron chi connectivity index (χ4n) is 4.44. The molecule has 1 saturated heterocycles. The number of pyridine rings is 2. The molecule has 2 aromatic rings. The first-order valence-electron chi connectivity index (χ1n) is 11.6. The fourth-order valence-corrected chi connectivity index (χ4v) is 4.44. The van der Waals surface area contributed by atoms with Crippen molar-refractivity contribution in [2.75, 3.05) is 37.7 Å². The maximum Gasteiger partial charge on any atom is 0.471 e. The lowest BCUT2D eigenvalue weighted by Crippen LogP contribution is -2.44. The van der Waals surface area contributed by atoms with E-state index in [1.807, 2.05) is 0 Å². The summed E-state index contributed by atoms with van der Waals surface area (Å²) in [6.45, 7) is 1.73. The number of halogens is 5. The maximum absolute atomic E-state index is 15.1. The Bertz CT molecular complexity index is 1240. The molecule has 36 heavy (non-hydrogen) atoms. The summed E-state index contributed by atoms with van der Waals surface area (Å²) in [4.78, 5) is 42.9. The van der Waals surface area contributed by atoms with Crippen LogP contribution < -0.4 is 10.3 Å². The molecule has 8 nitrogen and oxygen atoms in total. The second-order valence-electron chi connectivity index (χ2n) is 8.92. The van der Waals surface area contributed by atoms with Crippen LogP contribution in [0.3, 0.4) is 0 Å². The number of ether oxygens (including phenoxy) is 1. The number of hydrogen-bond donors (Lipinski definition) is 0. The van der Waals surface area contributed by atoms with Gasteiger partial charge in [0.05, 0.1) is 18.5 Å². The highest BCUT2D eigenvalue weighted by Crippen LogP contribution is 2.38. The average Bonchev–Trinajstić information content (AvgIpc) is 3.59. The van der Waals surface area contributed by atoms with Crippen LogP contribution in [0.2, 0.25) is 0 Å². The Morgan fingerprint density at radius 3 is 2.50 bits per heavy atom. The van der Waals surface area contributed by atoms with Crippen LogP contribution in [0, 0.1) is 11.7 Å². The molecule has 0 unspecified atom stereocenters. The molecule has 2 fully saturated rings. The maximum atomic E-state index is 15.1. The number of nitrogens with zero attached hydrogens (tertiary/aromatic N) is 4. The number of alkyl halides is 4. The molecule has 1 amide bonds. The molecule has 1 aliphatic heterocycles. The van der Waals surface area contributed by atoms with Gasteiger partial charge < -0.3 is 19.1 Å². The van der Waals surface area contributed by atoms with E-state index in [0.29, 0.717) is 4.90 Å². The summed E-state index contributed by atoms with van der Waals surface area (Å²) in [7, 11) is 0. The lowest BCUT2D eigenvalue weighted by atomic mass is 10.1. The van der Waals surface area contributed by atoms with Crippen molar-refractivity contribution in [3.8, 4) is 0 Å². The molecular weight excluding hydrogens is 491 g/mol. The molecule has 1 saturated carbocycles. The Hall–Kier alpha value is -3.25. The number of rotatable bonds is 7. The smallest absolute Gasteiger partial charge is 0.462 e. The van der Waals surface area contributed by atoms with Crippen molar-refractivity contribution in [2.24, 2.45) is 5.92 Å². The molecule has 1 aliphatic carbocycles. The third-order valence-electron chi connectivity index (χ3n) is 6.40. The van der Waals surface area contributed by atoms with Crippen molar-refractivity contribution in [2.45, 2.75) is 45.1 Å². The monoisotopic (exact) mass is 516 g/mol. The molecule has 3 heterocycles. The van der Waals surface area contributed by atoms with Crippen LogP contribution in [0.4, 0.5) is 27.8 Å². The second-order valence-corrected chi connectivity index (χ2v) is 8.92. The molecule has 2 atom stereocenters. The SMILES string of the molecule is CCOC(=O)c1cn(C2CC2)c2nc(N3C[C@@H](CN(CC)C(=O)C(F)(F)F)[C@H](F)C3)c(F)cc2c1=O. The van der Waals surface area contributed by atoms with E-state index in [1.54, 1.807) is 11.5 Å². The molecule has 0 radical (unpaired) electrons. The van der Waals surface area contributed by atoms with Crippen LogP contribution in [0.5, 0.6) is 0 Å². The predicted octanol–water partition coefficient (Wildman–Crippen LogP) is 3.23. The first kappa shape index (κ1) is 25.8. The van der Waals surface area contributed by atoms with Crippen LogP contribution in [-0.2, 0) is 9.53 Å². The van der Waals surface area contributed by atoms with E-state index >= 15 is 4.39 Å². The van der Waals surface area contributed by atoms with E-state index in [4.69, 9.17) is 4.74 Å². The van der Waals surface area contributed by atoms with Crippen LogP contribution in [0.1, 0.15) is 43.1 Å². The van der Waals surface area contributed by atoms with Gasteiger partial charge in [-0.15, -0.1) is 0 Å². The summed E-state index contributed by atoms with van der Waals surface area (Å²) in [5.41, 5.74) is -0.872. The lowest BCUT2D eigenvalue weighted by Gasteiger charge is -2.26. The van der Waals surface area contributed by atoms with E-state index < -0.39 is 47.9 Å². The van der Waals surface area contributed by atoms with Gasteiger partial charge in [-0.05, 0) is 32.8 Å². The zero-order valence-corrected chi connectivity index (χ0v) is 19.6. The lowest BCUT2D eigenvalue weighted by molar-refractivity contribution is -0.186. The highest BCUT2D eigenvalue weighted by atomic mass is 19.4. The van der Waals surface area contributed by atoms with Crippen molar-refractivity contribution in [3.63, 3.8) is 0 Å². The zero-order chi connectivity index (χ0) is 26.4. The molecule has 13 heteroatoms. The highest BCUT2D eigenvalue weighted by Gasteiger charge is 2.44. The Labute approximate surface area is 202 Å². The summed E-state index contributed by atoms with van der Waals surface area (Å²) >= 11 is 0. The Morgan fingerprint density at radius 2 is 1.92 bits per heavy atom. The number of amides is 1. The average molecular weight is 516 g/mol. The third-order valence-corrected chi connectivity index (χ3v) is 6.40. The minimum atomic E-state index is -5.08. The normalized spacial score (nSPS) is 20.1. The third kappa shape index (κ3) is 4.87. The summed E-state index contributed by atoms with van der Waals surface area (Å²) in [5, 5.41) is -0.130. The summed E-state index contributed by atoms with van der Waals surface area (Å²) in [5.74, 6) is -5.08. The van der Waals surface area contributed by atoms with Crippen LogP contribution in [-0.4, -0.2) is 71.5 Å². The van der Waals surface area contributed by atoms with Crippen LogP contribution >= 0.6 is 0 Å². The van der Waals surface area contributed by atoms with E-state index in [9.17, 15) is 31.9 Å². The Balaban J connectivity index is 1.67. The summed E-state index contributed by atoms with van der Waals surface area (Å²) < 4.78 is 75.0. The molecule has 4 rings (SSSR count). The number of anilines is 1.